The van der Waals surface area contributed by atoms with Crippen molar-refractivity contribution in [3.63, 3.8) is 0 Å². The highest BCUT2D eigenvalue weighted by atomic mass is 32.2. The predicted molar refractivity (Wildman–Crippen MR) is 238 cm³/mol. The van der Waals surface area contributed by atoms with Gasteiger partial charge in [-0.3, -0.25) is 4.98 Å². The Kier molecular flexibility index (Phi) is 14.3. The zero-order chi connectivity index (χ0) is 41.2. The summed E-state index contributed by atoms with van der Waals surface area (Å²) in [7, 11) is 0. The van der Waals surface area contributed by atoms with E-state index in [0.717, 1.165) is 95.9 Å². The second-order valence-corrected chi connectivity index (χ2v) is 18.2. The lowest BCUT2D eigenvalue weighted by atomic mass is 9.56. The summed E-state index contributed by atoms with van der Waals surface area (Å²) in [5.74, 6) is 2.30. The molecule has 0 radical (unpaired) electrons. The quantitative estimate of drug-likeness (QED) is 0.0548. The van der Waals surface area contributed by atoms with Crippen LogP contribution in [0.25, 0.3) is 11.1 Å². The molecule has 1 fully saturated rings. The summed E-state index contributed by atoms with van der Waals surface area (Å²) in [6.45, 7) is 10.8. The van der Waals surface area contributed by atoms with Gasteiger partial charge in [-0.2, -0.15) is 11.8 Å². The van der Waals surface area contributed by atoms with Gasteiger partial charge in [0.25, 0.3) is 0 Å². The highest BCUT2D eigenvalue weighted by molar-refractivity contribution is 8.00. The zero-order valence-electron chi connectivity index (χ0n) is 34.8. The summed E-state index contributed by atoms with van der Waals surface area (Å²) in [4.78, 5) is 10.5. The van der Waals surface area contributed by atoms with E-state index in [2.05, 4.69) is 78.3 Å². The number of rotatable bonds is 19. The summed E-state index contributed by atoms with van der Waals surface area (Å²) >= 11 is 1.87. The summed E-state index contributed by atoms with van der Waals surface area (Å²) in [5, 5.41) is 24.7. The summed E-state index contributed by atoms with van der Waals surface area (Å²) in [5.41, 5.74) is 6.20. The minimum absolute atomic E-state index is 0.0196. The van der Waals surface area contributed by atoms with Crippen molar-refractivity contribution in [3.8, 4) is 28.4 Å². The van der Waals surface area contributed by atoms with Gasteiger partial charge >= 0.3 is 0 Å². The minimum Gasteiger partial charge on any atom is -0.460 e. The first-order chi connectivity index (χ1) is 28.7. The van der Waals surface area contributed by atoms with Crippen LogP contribution in [-0.2, 0) is 16.0 Å². The largest absolute Gasteiger partial charge is 0.460 e. The van der Waals surface area contributed by atoms with E-state index in [0.29, 0.717) is 13.0 Å². The minimum atomic E-state index is -1.03. The van der Waals surface area contributed by atoms with Gasteiger partial charge in [0.2, 0.25) is 5.79 Å². The molecule has 1 aliphatic heterocycles. The Bertz CT molecular complexity index is 2030. The first kappa shape index (κ1) is 42.7. The third-order valence-electron chi connectivity index (χ3n) is 11.7. The van der Waals surface area contributed by atoms with Crippen LogP contribution in [0.5, 0.6) is 17.2 Å². The number of aliphatic hydroxyl groups excluding tert-OH is 2. The van der Waals surface area contributed by atoms with Crippen LogP contribution in [0.2, 0.25) is 0 Å². The zero-order valence-corrected chi connectivity index (χ0v) is 35.6. The molecule has 2 N–H and O–H groups in total. The summed E-state index contributed by atoms with van der Waals surface area (Å²) in [6, 6.07) is 29.0. The van der Waals surface area contributed by atoms with Crippen LogP contribution in [0.3, 0.4) is 0 Å². The third-order valence-corrected chi connectivity index (χ3v) is 13.0. The molecule has 9 heteroatoms. The van der Waals surface area contributed by atoms with E-state index in [1.165, 1.54) is 5.56 Å². The molecular formula is C50H60N2O6S. The number of unbranched alkanes of at least 4 members (excludes halogenated alkanes) is 2. The molecule has 4 aromatic rings. The summed E-state index contributed by atoms with van der Waals surface area (Å²) < 4.78 is 21.1. The van der Waals surface area contributed by atoms with Crippen LogP contribution < -0.4 is 9.47 Å². The predicted octanol–water partition coefficient (Wildman–Crippen LogP) is 10.9. The Hall–Kier alpha value is -4.41. The van der Waals surface area contributed by atoms with Crippen molar-refractivity contribution in [2.45, 2.75) is 94.7 Å². The lowest BCUT2D eigenvalue weighted by Crippen LogP contribution is -2.64. The number of aryl methyl sites for hydroxylation is 1. The van der Waals surface area contributed by atoms with E-state index < -0.39 is 11.4 Å². The van der Waals surface area contributed by atoms with E-state index in [-0.39, 0.29) is 42.1 Å². The lowest BCUT2D eigenvalue weighted by molar-refractivity contribution is -0.223. The fourth-order valence-corrected chi connectivity index (χ4v) is 10.5. The second kappa shape index (κ2) is 19.8. The third kappa shape index (κ3) is 10.1. The lowest BCUT2D eigenvalue weighted by Gasteiger charge is -2.58. The molecule has 8 nitrogen and oxygen atoms in total. The number of ether oxygens (including phenoxy) is 3. The highest BCUT2D eigenvalue weighted by Gasteiger charge is 2.64. The van der Waals surface area contributed by atoms with E-state index in [1.807, 2.05) is 75.3 Å². The Labute approximate surface area is 354 Å². The van der Waals surface area contributed by atoms with Gasteiger partial charge < -0.3 is 29.3 Å². The molecular weight excluding hydrogens is 757 g/mol. The van der Waals surface area contributed by atoms with Crippen molar-refractivity contribution in [3.05, 3.63) is 133 Å². The molecule has 3 aromatic carbocycles. The second-order valence-electron chi connectivity index (χ2n) is 16.9. The number of thioether (sulfide) groups is 1. The number of allylic oxidation sites excluding steroid dienone is 1. The van der Waals surface area contributed by atoms with Crippen LogP contribution in [0, 0.1) is 17.8 Å². The van der Waals surface area contributed by atoms with Gasteiger partial charge in [0.05, 0.1) is 23.5 Å². The molecule has 6 atom stereocenters. The van der Waals surface area contributed by atoms with Crippen LogP contribution in [0.1, 0.15) is 82.8 Å². The van der Waals surface area contributed by atoms with E-state index >= 15 is 0 Å². The smallest absolute Gasteiger partial charge is 0.230 e. The SMILES string of the molecule is C=CCOC12Oc3ccc(Oc4ccc(-c5ccccc5)cc4)cc3C3C(CCCCO)C(CCCCO)C=C(C(=NOC(C)(C)C)CC1SCCc1ccncc1)C32. The molecule has 0 bridgehead atoms. The summed E-state index contributed by atoms with van der Waals surface area (Å²) in [6.07, 6.45) is 14.6. The van der Waals surface area contributed by atoms with E-state index in [9.17, 15) is 10.2 Å². The van der Waals surface area contributed by atoms with Crippen molar-refractivity contribution in [1.82, 2.24) is 4.98 Å². The van der Waals surface area contributed by atoms with Crippen molar-refractivity contribution >= 4 is 17.5 Å². The van der Waals surface area contributed by atoms with Gasteiger partial charge in [-0.15, -0.1) is 6.58 Å². The Morgan fingerprint density at radius 3 is 2.32 bits per heavy atom. The average Bonchev–Trinajstić information content (AvgIpc) is 3.24. The molecule has 2 heterocycles. The molecule has 0 saturated heterocycles. The normalized spacial score (nSPS) is 24.1. The van der Waals surface area contributed by atoms with Gasteiger partial charge in [-0.1, -0.05) is 72.6 Å². The monoisotopic (exact) mass is 816 g/mol. The van der Waals surface area contributed by atoms with Crippen LogP contribution >= 0.6 is 11.8 Å². The fourth-order valence-electron chi connectivity index (χ4n) is 9.08. The van der Waals surface area contributed by atoms with Crippen LogP contribution in [0.15, 0.2) is 127 Å². The number of nitrogens with zero attached hydrogens (tertiary/aromatic N) is 2. The highest BCUT2D eigenvalue weighted by Crippen LogP contribution is 2.62. The van der Waals surface area contributed by atoms with E-state index in [4.69, 9.17) is 24.2 Å². The van der Waals surface area contributed by atoms with Crippen molar-refractivity contribution in [2.75, 3.05) is 25.6 Å². The molecule has 7 rings (SSSR count). The first-order valence-electron chi connectivity index (χ1n) is 21.3. The number of hydrogen-bond acceptors (Lipinski definition) is 9. The van der Waals surface area contributed by atoms with Gasteiger partial charge in [-0.25, -0.2) is 0 Å². The molecule has 6 unspecified atom stereocenters. The molecule has 2 aliphatic carbocycles. The standard InChI is InChI=1S/C50H60N2O6S/c1-5-30-55-50-46(59-31-25-35-23-26-51-27-24-35)34-44(52-58-49(2,3)4)42-32-38(15-9-11-28-53)41(16-10-12-29-54)47(48(42)50)43-33-40(21-22-45(43)57-50)56-39-19-17-37(18-20-39)36-13-7-6-8-14-36/h5-8,13-14,17-24,26-27,32-33,38,41,46-48,53-54H,1,9-12,15-16,25,28-31,34H2,2-4H3. The number of hydrogen-bond donors (Lipinski definition) is 2. The van der Waals surface area contributed by atoms with Crippen molar-refractivity contribution in [1.29, 1.82) is 0 Å². The number of aliphatic hydroxyl groups is 2. The Morgan fingerprint density at radius 1 is 0.898 bits per heavy atom. The molecule has 312 valence electrons. The van der Waals surface area contributed by atoms with E-state index in [1.54, 1.807) is 0 Å². The van der Waals surface area contributed by atoms with Crippen LogP contribution in [-0.4, -0.2) is 63.1 Å². The van der Waals surface area contributed by atoms with Gasteiger partial charge in [0.15, 0.2) is 0 Å². The number of pyridine rings is 1. The maximum atomic E-state index is 9.97. The number of benzene rings is 3. The fraction of sp³-hybridized carbons (Fsp3) is 0.440. The average molecular weight is 817 g/mol. The number of fused-ring (bicyclic) bond motifs is 2. The molecule has 0 amide bonds. The molecule has 1 saturated carbocycles. The molecule has 0 spiro atoms. The number of aromatic nitrogens is 1. The number of oxime groups is 1. The van der Waals surface area contributed by atoms with Crippen molar-refractivity contribution < 1.29 is 29.3 Å². The van der Waals surface area contributed by atoms with Gasteiger partial charge in [0, 0.05) is 43.5 Å². The van der Waals surface area contributed by atoms with Gasteiger partial charge in [0.1, 0.15) is 22.8 Å². The first-order valence-corrected chi connectivity index (χ1v) is 22.4. The molecule has 1 aromatic heterocycles. The Morgan fingerprint density at radius 2 is 1.61 bits per heavy atom. The van der Waals surface area contributed by atoms with Gasteiger partial charge in [-0.05, 0) is 135 Å². The molecule has 3 aliphatic rings. The maximum absolute atomic E-state index is 9.97. The van der Waals surface area contributed by atoms with Crippen molar-refractivity contribution in [2.24, 2.45) is 22.9 Å². The topological polar surface area (TPSA) is 103 Å². The molecule has 59 heavy (non-hydrogen) atoms. The Balaban J connectivity index is 1.34. The van der Waals surface area contributed by atoms with Crippen LogP contribution in [0.4, 0.5) is 0 Å². The maximum Gasteiger partial charge on any atom is 0.230 e.